The number of carboxylic acids is 1. The van der Waals surface area contributed by atoms with Crippen molar-refractivity contribution >= 4 is 17.7 Å². The third kappa shape index (κ3) is 6.27. The van der Waals surface area contributed by atoms with Gasteiger partial charge in [-0.1, -0.05) is 12.8 Å². The van der Waals surface area contributed by atoms with Gasteiger partial charge in [-0.05, 0) is 32.4 Å². The molecule has 0 saturated heterocycles. The lowest BCUT2D eigenvalue weighted by molar-refractivity contribution is -0.138. The predicted octanol–water partition coefficient (Wildman–Crippen LogP) is 2.14. The maximum absolute atomic E-state index is 10.7. The van der Waals surface area contributed by atoms with Gasteiger partial charge in [-0.2, -0.15) is 0 Å². The Morgan fingerprint density at radius 1 is 1.21 bits per heavy atom. The lowest BCUT2D eigenvalue weighted by Gasteiger charge is -2.17. The number of carboxylic acid groups (broad SMARTS) is 1. The van der Waals surface area contributed by atoms with Crippen molar-refractivity contribution in [2.45, 2.75) is 44.3 Å². The molecule has 0 rings (SSSR count). The van der Waals surface area contributed by atoms with Crippen LogP contribution in [0.2, 0.25) is 0 Å². The first-order valence-corrected chi connectivity index (χ1v) is 5.97. The van der Waals surface area contributed by atoms with Crippen molar-refractivity contribution in [3.05, 3.63) is 0 Å². The normalized spacial score (nSPS) is 11.6. The van der Waals surface area contributed by atoms with Gasteiger partial charge in [0, 0.05) is 6.61 Å². The molecule has 0 saturated carbocycles. The second-order valence-electron chi connectivity index (χ2n) is 3.80. The molecule has 14 heavy (non-hydrogen) atoms. The number of aliphatic hydroxyl groups is 1. The summed E-state index contributed by atoms with van der Waals surface area (Å²) in [5.74, 6) is 0.128. The number of hydrogen-bond donors (Lipinski definition) is 2. The molecule has 0 aliphatic heterocycles. The Labute approximate surface area is 89.9 Å². The van der Waals surface area contributed by atoms with Crippen LogP contribution in [-0.2, 0) is 4.79 Å². The van der Waals surface area contributed by atoms with Crippen molar-refractivity contribution in [3.63, 3.8) is 0 Å². The summed E-state index contributed by atoms with van der Waals surface area (Å²) >= 11 is 1.48. The molecule has 84 valence electrons. The van der Waals surface area contributed by atoms with Crippen molar-refractivity contribution in [2.75, 3.05) is 12.4 Å². The van der Waals surface area contributed by atoms with E-state index in [1.807, 2.05) is 0 Å². The molecule has 0 radical (unpaired) electrons. The van der Waals surface area contributed by atoms with Crippen LogP contribution in [0.25, 0.3) is 0 Å². The first-order valence-electron chi connectivity index (χ1n) is 4.99. The molecule has 0 aliphatic rings. The van der Waals surface area contributed by atoms with Crippen LogP contribution in [0.5, 0.6) is 0 Å². The summed E-state index contributed by atoms with van der Waals surface area (Å²) in [5, 5.41) is 17.4. The highest BCUT2D eigenvalue weighted by Crippen LogP contribution is 2.25. The van der Waals surface area contributed by atoms with Gasteiger partial charge in [-0.15, -0.1) is 11.8 Å². The molecule has 3 nitrogen and oxygen atoms in total. The molecule has 0 aromatic carbocycles. The van der Waals surface area contributed by atoms with Crippen LogP contribution in [0, 0.1) is 0 Å². The molecule has 0 aromatic heterocycles. The van der Waals surface area contributed by atoms with E-state index >= 15 is 0 Å². The second-order valence-corrected chi connectivity index (χ2v) is 5.52. The first-order chi connectivity index (χ1) is 6.50. The lowest BCUT2D eigenvalue weighted by atomic mass is 10.2. The Morgan fingerprint density at radius 2 is 1.79 bits per heavy atom. The van der Waals surface area contributed by atoms with Gasteiger partial charge >= 0.3 is 5.97 Å². The van der Waals surface area contributed by atoms with Crippen LogP contribution >= 0.6 is 11.8 Å². The molecular formula is C10H20O3S. The minimum Gasteiger partial charge on any atom is -0.480 e. The van der Waals surface area contributed by atoms with Gasteiger partial charge in [-0.25, -0.2) is 0 Å². The van der Waals surface area contributed by atoms with Crippen molar-refractivity contribution in [1.82, 2.24) is 0 Å². The van der Waals surface area contributed by atoms with Gasteiger partial charge in [0.05, 0.1) is 0 Å². The minimum atomic E-state index is -0.752. The van der Waals surface area contributed by atoms with E-state index in [2.05, 4.69) is 0 Å². The fourth-order valence-corrected chi connectivity index (χ4v) is 1.94. The smallest absolute Gasteiger partial charge is 0.319 e. The van der Waals surface area contributed by atoms with Gasteiger partial charge in [0.15, 0.2) is 0 Å². The van der Waals surface area contributed by atoms with Crippen molar-refractivity contribution < 1.29 is 15.0 Å². The topological polar surface area (TPSA) is 57.5 Å². The van der Waals surface area contributed by atoms with Crippen LogP contribution in [0.3, 0.4) is 0 Å². The van der Waals surface area contributed by atoms with Crippen LogP contribution in [0.15, 0.2) is 0 Å². The van der Waals surface area contributed by atoms with Crippen molar-refractivity contribution in [1.29, 1.82) is 0 Å². The highest BCUT2D eigenvalue weighted by Gasteiger charge is 2.26. The third-order valence-electron chi connectivity index (χ3n) is 2.03. The maximum Gasteiger partial charge on any atom is 0.319 e. The largest absolute Gasteiger partial charge is 0.480 e. The highest BCUT2D eigenvalue weighted by atomic mass is 32.2. The molecule has 0 bridgehead atoms. The first kappa shape index (κ1) is 13.8. The Bertz CT molecular complexity index is 169. The molecule has 0 atom stereocenters. The Hall–Kier alpha value is -0.220. The fraction of sp³-hybridized carbons (Fsp3) is 0.900. The molecule has 0 spiro atoms. The summed E-state index contributed by atoms with van der Waals surface area (Å²) in [4.78, 5) is 10.7. The van der Waals surface area contributed by atoms with Crippen LogP contribution in [0.1, 0.15) is 39.5 Å². The highest BCUT2D eigenvalue weighted by molar-refractivity contribution is 8.01. The van der Waals surface area contributed by atoms with Crippen molar-refractivity contribution in [3.8, 4) is 0 Å². The second kappa shape index (κ2) is 7.12. The average Bonchev–Trinajstić information content (AvgIpc) is 2.10. The Kier molecular flexibility index (Phi) is 7.01. The minimum absolute atomic E-state index is 0.258. The Balaban J connectivity index is 3.40. The SMILES string of the molecule is CC(C)(SCCCCCCO)C(=O)O. The van der Waals surface area contributed by atoms with E-state index in [0.717, 1.165) is 31.4 Å². The quantitative estimate of drug-likeness (QED) is 0.615. The number of hydrogen-bond acceptors (Lipinski definition) is 3. The molecule has 2 N–H and O–H groups in total. The van der Waals surface area contributed by atoms with E-state index in [4.69, 9.17) is 10.2 Å². The zero-order valence-corrected chi connectivity index (χ0v) is 9.77. The van der Waals surface area contributed by atoms with E-state index < -0.39 is 10.7 Å². The van der Waals surface area contributed by atoms with Gasteiger partial charge in [0.2, 0.25) is 0 Å². The molecule has 0 aliphatic carbocycles. The van der Waals surface area contributed by atoms with E-state index in [0.29, 0.717) is 0 Å². The zero-order chi connectivity index (χ0) is 11.0. The van der Waals surface area contributed by atoms with Gasteiger partial charge < -0.3 is 10.2 Å². The summed E-state index contributed by atoms with van der Waals surface area (Å²) in [6, 6.07) is 0. The van der Waals surface area contributed by atoms with Gasteiger partial charge in [0.25, 0.3) is 0 Å². The predicted molar refractivity (Wildman–Crippen MR) is 59.7 cm³/mol. The zero-order valence-electron chi connectivity index (χ0n) is 8.95. The molecule has 0 aromatic rings. The van der Waals surface area contributed by atoms with Crippen LogP contribution in [0.4, 0.5) is 0 Å². The fourth-order valence-electron chi connectivity index (χ4n) is 0.956. The van der Waals surface area contributed by atoms with E-state index in [1.54, 1.807) is 13.8 Å². The summed E-state index contributed by atoms with van der Waals surface area (Å²) in [6.45, 7) is 3.72. The summed E-state index contributed by atoms with van der Waals surface area (Å²) in [5.41, 5.74) is 0. The van der Waals surface area contributed by atoms with E-state index in [-0.39, 0.29) is 6.61 Å². The number of aliphatic hydroxyl groups excluding tert-OH is 1. The number of rotatable bonds is 8. The molecule has 0 unspecified atom stereocenters. The van der Waals surface area contributed by atoms with Gasteiger partial charge in [-0.3, -0.25) is 4.79 Å². The molecule has 0 heterocycles. The lowest BCUT2D eigenvalue weighted by Crippen LogP contribution is -2.27. The third-order valence-corrected chi connectivity index (χ3v) is 3.42. The van der Waals surface area contributed by atoms with Crippen LogP contribution in [-0.4, -0.2) is 33.3 Å². The summed E-state index contributed by atoms with van der Waals surface area (Å²) in [7, 11) is 0. The van der Waals surface area contributed by atoms with Crippen LogP contribution < -0.4 is 0 Å². The summed E-state index contributed by atoms with van der Waals surface area (Å²) in [6.07, 6.45) is 3.99. The molecule has 4 heteroatoms. The number of thioether (sulfide) groups is 1. The summed E-state index contributed by atoms with van der Waals surface area (Å²) < 4.78 is -0.670. The number of aliphatic carboxylic acids is 1. The molecular weight excluding hydrogens is 200 g/mol. The molecule has 0 amide bonds. The standard InChI is InChI=1S/C10H20O3S/c1-10(2,9(12)13)14-8-6-4-3-5-7-11/h11H,3-8H2,1-2H3,(H,12,13). The van der Waals surface area contributed by atoms with Crippen molar-refractivity contribution in [2.24, 2.45) is 0 Å². The van der Waals surface area contributed by atoms with E-state index in [9.17, 15) is 4.79 Å². The number of carbonyl (C=O) groups is 1. The van der Waals surface area contributed by atoms with E-state index in [1.165, 1.54) is 11.8 Å². The Morgan fingerprint density at radius 3 is 2.29 bits per heavy atom. The maximum atomic E-state index is 10.7. The molecule has 0 fully saturated rings. The number of unbranched alkanes of at least 4 members (excludes halogenated alkanes) is 3. The van der Waals surface area contributed by atoms with Gasteiger partial charge in [0.1, 0.15) is 4.75 Å². The monoisotopic (exact) mass is 220 g/mol. The average molecular weight is 220 g/mol.